The zero-order valence-electron chi connectivity index (χ0n) is 21.5. The van der Waals surface area contributed by atoms with Gasteiger partial charge in [0, 0.05) is 12.5 Å². The lowest BCUT2D eigenvalue weighted by atomic mass is 9.86. The summed E-state index contributed by atoms with van der Waals surface area (Å²) >= 11 is 0. The second kappa shape index (κ2) is 9.97. The Balaban J connectivity index is 1.84. The van der Waals surface area contributed by atoms with E-state index in [4.69, 9.17) is 14.2 Å². The fraction of sp³-hybridized carbons (Fsp3) is 0.321. The van der Waals surface area contributed by atoms with E-state index >= 15 is 0 Å². The topological polar surface area (TPSA) is 102 Å². The molecule has 4 rings (SSSR count). The van der Waals surface area contributed by atoms with Crippen LogP contribution in [0.4, 0.5) is 5.69 Å². The van der Waals surface area contributed by atoms with Gasteiger partial charge in [0.05, 0.1) is 36.8 Å². The number of carboxylic acid groups (broad SMARTS) is 1. The third kappa shape index (κ3) is 5.36. The van der Waals surface area contributed by atoms with Crippen LogP contribution < -0.4 is 18.5 Å². The lowest BCUT2D eigenvalue weighted by Gasteiger charge is -2.38. The molecular formula is C28H31NO7S. The number of carboxylic acids is 1. The van der Waals surface area contributed by atoms with Crippen molar-refractivity contribution in [1.82, 2.24) is 0 Å². The number of hydrogen-bond donors (Lipinski definition) is 1. The van der Waals surface area contributed by atoms with Crippen LogP contribution in [0.2, 0.25) is 0 Å². The Bertz CT molecular complexity index is 1410. The van der Waals surface area contributed by atoms with Gasteiger partial charge in [0.25, 0.3) is 10.0 Å². The van der Waals surface area contributed by atoms with Crippen LogP contribution in [0, 0.1) is 12.3 Å². The molecule has 0 bridgehead atoms. The number of aliphatic carboxylic acids is 1. The minimum Gasteiger partial charge on any atom is -0.497 e. The maximum absolute atomic E-state index is 13.9. The molecule has 37 heavy (non-hydrogen) atoms. The second-order valence-corrected chi connectivity index (χ2v) is 11.6. The van der Waals surface area contributed by atoms with E-state index < -0.39 is 27.5 Å². The predicted molar refractivity (Wildman–Crippen MR) is 141 cm³/mol. The average molecular weight is 526 g/mol. The molecule has 1 heterocycles. The molecule has 3 aromatic carbocycles. The van der Waals surface area contributed by atoms with Crippen LogP contribution in [0.25, 0.3) is 11.1 Å². The van der Waals surface area contributed by atoms with Crippen LogP contribution in [0.3, 0.4) is 0 Å². The van der Waals surface area contributed by atoms with Crippen molar-refractivity contribution in [2.24, 2.45) is 5.41 Å². The van der Waals surface area contributed by atoms with Gasteiger partial charge < -0.3 is 19.3 Å². The van der Waals surface area contributed by atoms with Gasteiger partial charge in [-0.05, 0) is 73.9 Å². The van der Waals surface area contributed by atoms with Crippen molar-refractivity contribution in [3.05, 3.63) is 66.2 Å². The fourth-order valence-corrected chi connectivity index (χ4v) is 5.96. The summed E-state index contributed by atoms with van der Waals surface area (Å²) in [6.45, 7) is 5.02. The lowest BCUT2D eigenvalue weighted by Crippen LogP contribution is -2.46. The van der Waals surface area contributed by atoms with Gasteiger partial charge in [0.1, 0.15) is 23.4 Å². The van der Waals surface area contributed by atoms with Crippen LogP contribution in [-0.2, 0) is 14.8 Å². The SMILES string of the molecule is COc1cc(OC)cc(-c2ccc3c(c2)N(S(=O)(=O)c2cccc(C)c2)C[C@H](CC(C)(C)C(=O)O)O3)c1. The number of methoxy groups -OCH3 is 2. The van der Waals surface area contributed by atoms with Crippen LogP contribution in [0.5, 0.6) is 17.2 Å². The number of carbonyl (C=O) groups is 1. The summed E-state index contributed by atoms with van der Waals surface area (Å²) in [5.74, 6) is 0.594. The minimum atomic E-state index is -3.97. The van der Waals surface area contributed by atoms with Gasteiger partial charge in [-0.2, -0.15) is 0 Å². The highest BCUT2D eigenvalue weighted by atomic mass is 32.2. The van der Waals surface area contributed by atoms with Crippen molar-refractivity contribution >= 4 is 21.7 Å². The monoisotopic (exact) mass is 525 g/mol. The van der Waals surface area contributed by atoms with Crippen molar-refractivity contribution in [2.75, 3.05) is 25.1 Å². The van der Waals surface area contributed by atoms with E-state index in [9.17, 15) is 18.3 Å². The molecule has 9 heteroatoms. The highest BCUT2D eigenvalue weighted by Gasteiger charge is 2.39. The number of hydrogen-bond acceptors (Lipinski definition) is 6. The third-order valence-corrected chi connectivity index (χ3v) is 8.25. The molecule has 0 spiro atoms. The fourth-order valence-electron chi connectivity index (χ4n) is 4.36. The summed E-state index contributed by atoms with van der Waals surface area (Å²) in [5, 5.41) is 9.64. The number of nitrogens with zero attached hydrogens (tertiary/aromatic N) is 1. The molecule has 0 saturated heterocycles. The number of rotatable bonds is 8. The third-order valence-electron chi connectivity index (χ3n) is 6.47. The largest absolute Gasteiger partial charge is 0.497 e. The highest BCUT2D eigenvalue weighted by Crippen LogP contribution is 2.42. The Morgan fingerprint density at radius 3 is 2.30 bits per heavy atom. The maximum Gasteiger partial charge on any atom is 0.309 e. The first-order chi connectivity index (χ1) is 17.4. The maximum atomic E-state index is 13.9. The zero-order chi connectivity index (χ0) is 27.0. The van der Waals surface area contributed by atoms with E-state index in [-0.39, 0.29) is 17.9 Å². The standard InChI is InChI=1S/C28H31NO7S/c1-18-7-6-8-24(11-18)37(32,33)29-17-23(16-28(2,3)27(30)31)36-26-10-9-19(14-25(26)29)20-12-21(34-4)15-22(13-20)35-5/h6-15,23H,16-17H2,1-5H3,(H,30,31)/t23-/m0/s1. The summed E-state index contributed by atoms with van der Waals surface area (Å²) < 4.78 is 46.1. The van der Waals surface area contributed by atoms with E-state index in [0.717, 1.165) is 16.7 Å². The molecule has 8 nitrogen and oxygen atoms in total. The Morgan fingerprint density at radius 2 is 1.70 bits per heavy atom. The molecule has 0 fully saturated rings. The molecule has 3 aromatic rings. The number of benzene rings is 3. The van der Waals surface area contributed by atoms with Gasteiger partial charge in [-0.1, -0.05) is 18.2 Å². The van der Waals surface area contributed by atoms with Crippen molar-refractivity contribution in [3.8, 4) is 28.4 Å². The van der Waals surface area contributed by atoms with E-state index in [0.29, 0.717) is 22.9 Å². The Kier molecular flexibility index (Phi) is 7.10. The van der Waals surface area contributed by atoms with Gasteiger partial charge >= 0.3 is 5.97 Å². The molecule has 1 aliphatic rings. The minimum absolute atomic E-state index is 0.0229. The molecule has 0 amide bonds. The molecule has 0 aromatic heterocycles. The Labute approximate surface area is 217 Å². The first kappa shape index (κ1) is 26.3. The molecule has 0 radical (unpaired) electrons. The molecule has 0 aliphatic carbocycles. The number of ether oxygens (including phenoxy) is 3. The van der Waals surface area contributed by atoms with Crippen molar-refractivity contribution in [2.45, 2.75) is 38.2 Å². The Morgan fingerprint density at radius 1 is 1.03 bits per heavy atom. The van der Waals surface area contributed by atoms with Crippen LogP contribution in [0.1, 0.15) is 25.8 Å². The second-order valence-electron chi connectivity index (χ2n) is 9.77. The van der Waals surface area contributed by atoms with Gasteiger partial charge in [-0.15, -0.1) is 0 Å². The number of sulfonamides is 1. The summed E-state index contributed by atoms with van der Waals surface area (Å²) in [5.41, 5.74) is 1.62. The van der Waals surface area contributed by atoms with Crippen molar-refractivity contribution in [3.63, 3.8) is 0 Å². The molecule has 0 saturated carbocycles. The van der Waals surface area contributed by atoms with Crippen molar-refractivity contribution < 1.29 is 32.5 Å². The number of anilines is 1. The molecule has 196 valence electrons. The molecular weight excluding hydrogens is 494 g/mol. The quantitative estimate of drug-likeness (QED) is 0.435. The predicted octanol–water partition coefficient (Wildman–Crippen LogP) is 5.14. The van der Waals surface area contributed by atoms with Gasteiger partial charge in [-0.25, -0.2) is 8.42 Å². The van der Waals surface area contributed by atoms with E-state index in [2.05, 4.69) is 0 Å². The number of fused-ring (bicyclic) bond motifs is 1. The smallest absolute Gasteiger partial charge is 0.309 e. The first-order valence-electron chi connectivity index (χ1n) is 11.8. The van der Waals surface area contributed by atoms with E-state index in [1.54, 1.807) is 64.5 Å². The van der Waals surface area contributed by atoms with E-state index in [1.807, 2.05) is 31.2 Å². The molecule has 0 unspecified atom stereocenters. The van der Waals surface area contributed by atoms with Crippen molar-refractivity contribution in [1.29, 1.82) is 0 Å². The summed E-state index contributed by atoms with van der Waals surface area (Å²) in [7, 11) is -0.847. The molecule has 1 aliphatic heterocycles. The molecule has 1 atom stereocenters. The number of aryl methyl sites for hydroxylation is 1. The zero-order valence-corrected chi connectivity index (χ0v) is 22.3. The summed E-state index contributed by atoms with van der Waals surface area (Å²) in [6, 6.07) is 17.5. The summed E-state index contributed by atoms with van der Waals surface area (Å²) in [4.78, 5) is 11.9. The lowest BCUT2D eigenvalue weighted by molar-refractivity contribution is -0.148. The van der Waals surface area contributed by atoms with Gasteiger partial charge in [-0.3, -0.25) is 9.10 Å². The first-order valence-corrected chi connectivity index (χ1v) is 13.3. The highest BCUT2D eigenvalue weighted by molar-refractivity contribution is 7.92. The van der Waals surface area contributed by atoms with Gasteiger partial charge in [0.2, 0.25) is 0 Å². The molecule has 1 N–H and O–H groups in total. The summed E-state index contributed by atoms with van der Waals surface area (Å²) in [6.07, 6.45) is -0.517. The normalized spacial score (nSPS) is 15.5. The average Bonchev–Trinajstić information content (AvgIpc) is 2.87. The van der Waals surface area contributed by atoms with E-state index in [1.165, 1.54) is 4.31 Å². The van der Waals surface area contributed by atoms with Crippen LogP contribution in [0.15, 0.2) is 65.6 Å². The Hall–Kier alpha value is -3.72. The van der Waals surface area contributed by atoms with Gasteiger partial charge in [0.15, 0.2) is 0 Å². The van der Waals surface area contributed by atoms with Crippen LogP contribution in [-0.4, -0.2) is 46.4 Å². The van der Waals surface area contributed by atoms with Crippen LogP contribution >= 0.6 is 0 Å².